The number of anilines is 1. The number of morpholine rings is 1. The Morgan fingerprint density at radius 2 is 2.00 bits per heavy atom. The fraction of sp³-hybridized carbons (Fsp3) is 0.562. The van der Waals surface area contributed by atoms with Crippen molar-refractivity contribution in [2.75, 3.05) is 31.6 Å². The van der Waals surface area contributed by atoms with Crippen molar-refractivity contribution in [1.29, 1.82) is 0 Å². The van der Waals surface area contributed by atoms with Gasteiger partial charge < -0.3 is 19.7 Å². The van der Waals surface area contributed by atoms with Gasteiger partial charge in [0.15, 0.2) is 6.61 Å². The zero-order chi connectivity index (χ0) is 18.6. The van der Waals surface area contributed by atoms with Crippen LogP contribution in [0.5, 0.6) is 5.75 Å². The molecule has 1 fully saturated rings. The molecule has 0 aromatic heterocycles. The number of rotatable bonds is 5. The Morgan fingerprint density at radius 3 is 2.60 bits per heavy atom. The lowest BCUT2D eigenvalue weighted by molar-refractivity contribution is -0.153. The summed E-state index contributed by atoms with van der Waals surface area (Å²) >= 11 is 5.88. The Morgan fingerprint density at radius 1 is 1.36 bits per heavy atom. The van der Waals surface area contributed by atoms with E-state index in [0.29, 0.717) is 18.1 Å². The van der Waals surface area contributed by atoms with Gasteiger partial charge in [-0.15, -0.1) is 0 Å². The van der Waals surface area contributed by atoms with Gasteiger partial charge in [0.1, 0.15) is 5.75 Å². The molecule has 1 aromatic rings. The lowest BCUT2D eigenvalue weighted by Gasteiger charge is -2.35. The molecular weight excluding hydrogens is 361 g/mol. The monoisotopic (exact) mass is 380 g/mol. The average Bonchev–Trinajstić information content (AvgIpc) is 2.49. The number of nitrogens with zero attached hydrogens (tertiary/aromatic N) is 1. The van der Waals surface area contributed by atoms with Gasteiger partial charge in [0.25, 0.3) is 0 Å². The number of nitrogens with one attached hydrogen (secondary N) is 1. The molecule has 1 N–H and O–H groups in total. The summed E-state index contributed by atoms with van der Waals surface area (Å²) in [5.74, 6) is -0.193. The Balaban J connectivity index is 1.99. The number of halogens is 4. The van der Waals surface area contributed by atoms with E-state index in [2.05, 4.69) is 5.32 Å². The Kier molecular flexibility index (Phi) is 6.40. The highest BCUT2D eigenvalue weighted by molar-refractivity contribution is 6.30. The van der Waals surface area contributed by atoms with Crippen LogP contribution in [0.1, 0.15) is 13.8 Å². The van der Waals surface area contributed by atoms with Gasteiger partial charge in [-0.25, -0.2) is 0 Å². The van der Waals surface area contributed by atoms with Crippen LogP contribution in [0.25, 0.3) is 0 Å². The molecule has 9 heteroatoms. The van der Waals surface area contributed by atoms with Gasteiger partial charge in [0.05, 0.1) is 24.4 Å². The van der Waals surface area contributed by atoms with Crippen molar-refractivity contribution < 1.29 is 27.4 Å². The minimum Gasteiger partial charge on any atom is -0.482 e. The molecule has 1 heterocycles. The third kappa shape index (κ3) is 6.28. The largest absolute Gasteiger partial charge is 0.482 e. The number of hydrogen-bond donors (Lipinski definition) is 1. The second-order valence-electron chi connectivity index (χ2n) is 5.95. The fourth-order valence-corrected chi connectivity index (χ4v) is 2.76. The second kappa shape index (κ2) is 8.14. The minimum atomic E-state index is -4.45. The summed E-state index contributed by atoms with van der Waals surface area (Å²) in [4.78, 5) is 14.0. The number of hydrogen-bond acceptors (Lipinski definition) is 4. The molecule has 1 saturated heterocycles. The molecule has 2 rings (SSSR count). The molecule has 140 valence electrons. The van der Waals surface area contributed by atoms with Gasteiger partial charge in [-0.3, -0.25) is 4.79 Å². The van der Waals surface area contributed by atoms with E-state index in [9.17, 15) is 18.0 Å². The maximum atomic E-state index is 12.3. The smallest absolute Gasteiger partial charge is 0.422 e. The standard InChI is InChI=1S/C16H20ClF3N2O3/c1-10-7-22(8-11(2)25-10)15(23)6-21-13-5-12(17)3-4-14(13)24-9-16(18,19)20/h3-5,10-11,21H,6-9H2,1-2H3. The Hall–Kier alpha value is -1.67. The quantitative estimate of drug-likeness (QED) is 0.851. The molecule has 1 aliphatic rings. The summed E-state index contributed by atoms with van der Waals surface area (Å²) in [6, 6.07) is 4.18. The van der Waals surface area contributed by atoms with E-state index < -0.39 is 12.8 Å². The number of benzene rings is 1. The van der Waals surface area contributed by atoms with Crippen molar-refractivity contribution >= 4 is 23.2 Å². The van der Waals surface area contributed by atoms with Crippen LogP contribution in [0.4, 0.5) is 18.9 Å². The van der Waals surface area contributed by atoms with Crippen LogP contribution in [-0.2, 0) is 9.53 Å². The predicted octanol–water partition coefficient (Wildman–Crippen LogP) is 3.33. The van der Waals surface area contributed by atoms with E-state index in [1.807, 2.05) is 13.8 Å². The van der Waals surface area contributed by atoms with Crippen molar-refractivity contribution in [3.05, 3.63) is 23.2 Å². The summed E-state index contributed by atoms with van der Waals surface area (Å²) < 4.78 is 47.4. The van der Waals surface area contributed by atoms with Crippen molar-refractivity contribution in [1.82, 2.24) is 4.90 Å². The highest BCUT2D eigenvalue weighted by Crippen LogP contribution is 2.29. The number of carbonyl (C=O) groups is 1. The van der Waals surface area contributed by atoms with Crippen molar-refractivity contribution in [2.45, 2.75) is 32.2 Å². The second-order valence-corrected chi connectivity index (χ2v) is 6.39. The van der Waals surface area contributed by atoms with Gasteiger partial charge in [-0.1, -0.05) is 11.6 Å². The van der Waals surface area contributed by atoms with E-state index >= 15 is 0 Å². The van der Waals surface area contributed by atoms with Crippen molar-refractivity contribution in [3.63, 3.8) is 0 Å². The third-order valence-electron chi connectivity index (χ3n) is 3.54. The molecule has 2 atom stereocenters. The van der Waals surface area contributed by atoms with E-state index in [-0.39, 0.29) is 36.1 Å². The summed E-state index contributed by atoms with van der Waals surface area (Å²) in [6.07, 6.45) is -4.58. The summed E-state index contributed by atoms with van der Waals surface area (Å²) in [5, 5.41) is 3.13. The Labute approximate surface area is 149 Å². The van der Waals surface area contributed by atoms with Crippen LogP contribution < -0.4 is 10.1 Å². The normalized spacial score (nSPS) is 21.1. The van der Waals surface area contributed by atoms with Gasteiger partial charge >= 0.3 is 6.18 Å². The lowest BCUT2D eigenvalue weighted by atomic mass is 10.2. The highest BCUT2D eigenvalue weighted by Gasteiger charge is 2.29. The van der Waals surface area contributed by atoms with Crippen LogP contribution in [0.2, 0.25) is 5.02 Å². The first-order valence-electron chi connectivity index (χ1n) is 7.80. The van der Waals surface area contributed by atoms with Crippen molar-refractivity contribution in [3.8, 4) is 5.75 Å². The molecule has 0 spiro atoms. The van der Waals surface area contributed by atoms with Crippen LogP contribution in [0.3, 0.4) is 0 Å². The van der Waals surface area contributed by atoms with Crippen LogP contribution in [0.15, 0.2) is 18.2 Å². The lowest BCUT2D eigenvalue weighted by Crippen LogP contribution is -2.49. The number of alkyl halides is 3. The first-order valence-corrected chi connectivity index (χ1v) is 8.18. The fourth-order valence-electron chi connectivity index (χ4n) is 2.59. The summed E-state index contributed by atoms with van der Waals surface area (Å²) in [6.45, 7) is 3.19. The van der Waals surface area contributed by atoms with Crippen LogP contribution >= 0.6 is 11.6 Å². The maximum Gasteiger partial charge on any atom is 0.422 e. The first kappa shape index (κ1) is 19.7. The van der Waals surface area contributed by atoms with Crippen LogP contribution in [0, 0.1) is 0 Å². The molecule has 0 saturated carbocycles. The average molecular weight is 381 g/mol. The van der Waals surface area contributed by atoms with Crippen molar-refractivity contribution in [2.24, 2.45) is 0 Å². The molecule has 0 bridgehead atoms. The van der Waals surface area contributed by atoms with Crippen LogP contribution in [-0.4, -0.2) is 55.4 Å². The highest BCUT2D eigenvalue weighted by atomic mass is 35.5. The van der Waals surface area contributed by atoms with E-state index in [4.69, 9.17) is 21.1 Å². The minimum absolute atomic E-state index is 0.0155. The number of carbonyl (C=O) groups excluding carboxylic acids is 1. The topological polar surface area (TPSA) is 50.8 Å². The summed E-state index contributed by atoms with van der Waals surface area (Å²) in [7, 11) is 0. The van der Waals surface area contributed by atoms with Gasteiger partial charge in [0.2, 0.25) is 5.91 Å². The molecule has 2 unspecified atom stereocenters. The molecule has 1 aliphatic heterocycles. The Bertz CT molecular complexity index is 603. The van der Waals surface area contributed by atoms with E-state index in [1.165, 1.54) is 18.2 Å². The maximum absolute atomic E-state index is 12.3. The zero-order valence-electron chi connectivity index (χ0n) is 13.9. The molecule has 5 nitrogen and oxygen atoms in total. The number of amides is 1. The van der Waals surface area contributed by atoms with Gasteiger partial charge in [0, 0.05) is 18.1 Å². The third-order valence-corrected chi connectivity index (χ3v) is 3.77. The molecule has 25 heavy (non-hydrogen) atoms. The molecule has 1 aromatic carbocycles. The zero-order valence-corrected chi connectivity index (χ0v) is 14.7. The first-order chi connectivity index (χ1) is 11.6. The summed E-state index contributed by atoms with van der Waals surface area (Å²) in [5.41, 5.74) is 0.236. The SMILES string of the molecule is CC1CN(C(=O)CNc2cc(Cl)ccc2OCC(F)(F)F)CC(C)O1. The molecule has 1 amide bonds. The molecule has 0 radical (unpaired) electrons. The number of ether oxygens (including phenoxy) is 2. The van der Waals surface area contributed by atoms with E-state index in [1.54, 1.807) is 4.90 Å². The predicted molar refractivity (Wildman–Crippen MR) is 88.1 cm³/mol. The van der Waals surface area contributed by atoms with E-state index in [0.717, 1.165) is 0 Å². The molecule has 0 aliphatic carbocycles. The van der Waals surface area contributed by atoms with Gasteiger partial charge in [-0.2, -0.15) is 13.2 Å². The molecular formula is C16H20ClF3N2O3. The van der Waals surface area contributed by atoms with Gasteiger partial charge in [-0.05, 0) is 32.0 Å².